The van der Waals surface area contributed by atoms with Crippen molar-refractivity contribution in [3.8, 4) is 0 Å². The first-order valence-corrected chi connectivity index (χ1v) is 12.8. The van der Waals surface area contributed by atoms with E-state index in [4.69, 9.17) is 4.52 Å². The first kappa shape index (κ1) is 25.4. The fourth-order valence-electron chi connectivity index (χ4n) is 4.68. The van der Waals surface area contributed by atoms with Crippen molar-refractivity contribution in [2.75, 3.05) is 6.54 Å². The van der Waals surface area contributed by atoms with Gasteiger partial charge in [0.05, 0.1) is 6.10 Å². The van der Waals surface area contributed by atoms with Gasteiger partial charge in [0.2, 0.25) is 5.89 Å². The molecule has 0 radical (unpaired) electrons. The van der Waals surface area contributed by atoms with E-state index in [0.29, 0.717) is 42.2 Å². The van der Waals surface area contributed by atoms with Crippen molar-refractivity contribution in [3.05, 3.63) is 119 Å². The number of β-amino-alcohol motifs (C(OH)–C–C–N with tert-alkyl or cyclic N) is 1. The second-order valence-corrected chi connectivity index (χ2v) is 9.50. The molecule has 2 atom stereocenters. The lowest BCUT2D eigenvalue weighted by atomic mass is 10.1. The molecule has 0 aliphatic carbocycles. The molecule has 2 amide bonds. The molecule has 0 unspecified atom stereocenters. The number of carbonyl (C=O) groups is 2. The molecule has 0 bridgehead atoms. The number of aliphatic hydroxyl groups is 1. The summed E-state index contributed by atoms with van der Waals surface area (Å²) >= 11 is 0. The predicted molar refractivity (Wildman–Crippen MR) is 141 cm³/mol. The van der Waals surface area contributed by atoms with Crippen molar-refractivity contribution in [2.24, 2.45) is 0 Å². The highest BCUT2D eigenvalue weighted by molar-refractivity contribution is 5.98. The minimum Gasteiger partial charge on any atom is -0.391 e. The van der Waals surface area contributed by atoms with Crippen LogP contribution in [0.5, 0.6) is 0 Å². The summed E-state index contributed by atoms with van der Waals surface area (Å²) in [7, 11) is 0. The Labute approximate surface area is 221 Å². The third-order valence-electron chi connectivity index (χ3n) is 6.71. The summed E-state index contributed by atoms with van der Waals surface area (Å²) in [6.45, 7) is 0.598. The van der Waals surface area contributed by atoms with Crippen molar-refractivity contribution < 1.29 is 19.2 Å². The van der Waals surface area contributed by atoms with E-state index < -0.39 is 12.1 Å². The Balaban J connectivity index is 1.20. The summed E-state index contributed by atoms with van der Waals surface area (Å²) in [4.78, 5) is 32.0. The van der Waals surface area contributed by atoms with E-state index in [1.165, 1.54) is 5.56 Å². The zero-order valence-corrected chi connectivity index (χ0v) is 21.0. The van der Waals surface area contributed by atoms with E-state index in [1.54, 1.807) is 29.2 Å². The summed E-state index contributed by atoms with van der Waals surface area (Å²) in [5, 5.41) is 17.3. The van der Waals surface area contributed by atoms with E-state index >= 15 is 0 Å². The van der Waals surface area contributed by atoms with Crippen molar-refractivity contribution >= 4 is 11.8 Å². The highest BCUT2D eigenvalue weighted by Gasteiger charge is 2.39. The number of benzene rings is 3. The monoisotopic (exact) mass is 510 g/mol. The summed E-state index contributed by atoms with van der Waals surface area (Å²) in [6, 6.07) is 25.9. The molecule has 8 heteroatoms. The number of hydrogen-bond acceptors (Lipinski definition) is 6. The smallest absolute Gasteiger partial charge is 0.254 e. The van der Waals surface area contributed by atoms with E-state index in [2.05, 4.69) is 27.6 Å². The molecule has 38 heavy (non-hydrogen) atoms. The molecule has 0 spiro atoms. The number of nitrogens with one attached hydrogen (secondary N) is 1. The number of nitrogens with zero attached hydrogens (tertiary/aromatic N) is 3. The third-order valence-corrected chi connectivity index (χ3v) is 6.71. The van der Waals surface area contributed by atoms with Crippen LogP contribution in [0.2, 0.25) is 0 Å². The highest BCUT2D eigenvalue weighted by Crippen LogP contribution is 2.32. The molecule has 4 aromatic rings. The number of hydrogen-bond donors (Lipinski definition) is 2. The van der Waals surface area contributed by atoms with Crippen molar-refractivity contribution in [3.63, 3.8) is 0 Å². The van der Waals surface area contributed by atoms with Crippen LogP contribution >= 0.6 is 0 Å². The maximum Gasteiger partial charge on any atom is 0.254 e. The molecule has 1 aliphatic heterocycles. The zero-order valence-electron chi connectivity index (χ0n) is 21.0. The van der Waals surface area contributed by atoms with Crippen molar-refractivity contribution in [1.29, 1.82) is 0 Å². The van der Waals surface area contributed by atoms with Gasteiger partial charge in [-0.3, -0.25) is 9.59 Å². The Morgan fingerprint density at radius 3 is 2.26 bits per heavy atom. The molecular weight excluding hydrogens is 480 g/mol. The summed E-state index contributed by atoms with van der Waals surface area (Å²) in [6.07, 6.45) is 2.11. The second-order valence-electron chi connectivity index (χ2n) is 9.50. The normalized spacial score (nSPS) is 16.9. The lowest BCUT2D eigenvalue weighted by molar-refractivity contribution is 0.0693. The fourth-order valence-corrected chi connectivity index (χ4v) is 4.68. The summed E-state index contributed by atoms with van der Waals surface area (Å²) in [5.74, 6) is 0.455. The predicted octanol–water partition coefficient (Wildman–Crippen LogP) is 4.12. The van der Waals surface area contributed by atoms with Gasteiger partial charge in [-0.1, -0.05) is 65.8 Å². The largest absolute Gasteiger partial charge is 0.391 e. The minimum absolute atomic E-state index is 0.175. The maximum absolute atomic E-state index is 13.3. The van der Waals surface area contributed by atoms with E-state index in [-0.39, 0.29) is 18.4 Å². The van der Waals surface area contributed by atoms with E-state index in [1.807, 2.05) is 48.5 Å². The van der Waals surface area contributed by atoms with Gasteiger partial charge in [0.1, 0.15) is 6.04 Å². The lowest BCUT2D eigenvalue weighted by Crippen LogP contribution is -2.32. The van der Waals surface area contributed by atoms with Crippen LogP contribution < -0.4 is 5.32 Å². The van der Waals surface area contributed by atoms with Gasteiger partial charge >= 0.3 is 0 Å². The summed E-state index contributed by atoms with van der Waals surface area (Å²) in [5.41, 5.74) is 3.15. The molecule has 3 aromatic carbocycles. The van der Waals surface area contributed by atoms with Gasteiger partial charge in [-0.05, 0) is 48.2 Å². The first-order valence-electron chi connectivity index (χ1n) is 12.8. The molecule has 0 saturated carbocycles. The molecule has 5 rings (SSSR count). The number of aliphatic hydroxyl groups excluding tert-OH is 1. The van der Waals surface area contributed by atoms with E-state index in [0.717, 1.165) is 18.4 Å². The number of likely N-dealkylation sites (tertiary alicyclic amines) is 1. The standard InChI is InChI=1S/C30H30N4O4/c35-25-18-26(29-32-27(33-38-29)13-7-12-21-8-3-1-4-9-21)34(20-25)30(37)24-16-14-23(15-17-24)28(36)31-19-22-10-5-2-6-11-22/h1-6,8-11,14-17,25-26,35H,7,12-13,18-20H2,(H,31,36)/t25-,26+/m1/s1. The Morgan fingerprint density at radius 1 is 0.895 bits per heavy atom. The van der Waals surface area contributed by atoms with Gasteiger partial charge in [0, 0.05) is 37.1 Å². The van der Waals surface area contributed by atoms with Crippen LogP contribution in [-0.4, -0.2) is 44.6 Å². The number of aryl methyl sites for hydroxylation is 2. The van der Waals surface area contributed by atoms with Crippen molar-refractivity contribution in [2.45, 2.75) is 44.4 Å². The molecule has 2 N–H and O–H groups in total. The van der Waals surface area contributed by atoms with Gasteiger partial charge in [-0.25, -0.2) is 0 Å². The number of aromatic nitrogens is 2. The average molecular weight is 511 g/mol. The molecule has 1 saturated heterocycles. The van der Waals surface area contributed by atoms with Crippen molar-refractivity contribution in [1.82, 2.24) is 20.4 Å². The highest BCUT2D eigenvalue weighted by atomic mass is 16.5. The van der Waals surface area contributed by atoms with Gasteiger partial charge < -0.3 is 19.8 Å². The Morgan fingerprint density at radius 2 is 1.55 bits per heavy atom. The molecule has 8 nitrogen and oxygen atoms in total. The van der Waals surface area contributed by atoms with Gasteiger partial charge in [0.15, 0.2) is 5.82 Å². The third kappa shape index (κ3) is 6.15. The van der Waals surface area contributed by atoms with Gasteiger partial charge in [-0.2, -0.15) is 4.98 Å². The first-order chi connectivity index (χ1) is 18.6. The van der Waals surface area contributed by atoms with Crippen LogP contribution in [0, 0.1) is 0 Å². The molecular formula is C30H30N4O4. The number of rotatable bonds is 9. The maximum atomic E-state index is 13.3. The number of carbonyl (C=O) groups excluding carboxylic acids is 2. The quantitative estimate of drug-likeness (QED) is 0.351. The zero-order chi connectivity index (χ0) is 26.3. The van der Waals surface area contributed by atoms with Gasteiger partial charge in [-0.15, -0.1) is 0 Å². The number of amides is 2. The van der Waals surface area contributed by atoms with Crippen LogP contribution in [-0.2, 0) is 19.4 Å². The Bertz CT molecular complexity index is 1360. The van der Waals surface area contributed by atoms with Crippen LogP contribution in [0.3, 0.4) is 0 Å². The van der Waals surface area contributed by atoms with Crippen LogP contribution in [0.4, 0.5) is 0 Å². The van der Waals surface area contributed by atoms with E-state index in [9.17, 15) is 14.7 Å². The van der Waals surface area contributed by atoms with Crippen LogP contribution in [0.1, 0.15) is 62.4 Å². The Kier molecular flexibility index (Phi) is 7.89. The topological polar surface area (TPSA) is 109 Å². The van der Waals surface area contributed by atoms with Crippen LogP contribution in [0.25, 0.3) is 0 Å². The minimum atomic E-state index is -0.680. The summed E-state index contributed by atoms with van der Waals surface area (Å²) < 4.78 is 5.51. The molecule has 1 aliphatic rings. The average Bonchev–Trinajstić information content (AvgIpc) is 3.59. The van der Waals surface area contributed by atoms with Gasteiger partial charge in [0.25, 0.3) is 11.8 Å². The SMILES string of the molecule is O=C(NCc1ccccc1)c1ccc(C(=O)N2C[C@H](O)C[C@H]2c2nc(CCCc3ccccc3)no2)cc1. The molecule has 1 aromatic heterocycles. The fraction of sp³-hybridized carbons (Fsp3) is 0.267. The molecule has 194 valence electrons. The molecule has 1 fully saturated rings. The molecule has 2 heterocycles. The Hall–Kier alpha value is -4.30. The lowest BCUT2D eigenvalue weighted by Gasteiger charge is -2.21. The van der Waals surface area contributed by atoms with Crippen LogP contribution in [0.15, 0.2) is 89.5 Å². The second kappa shape index (κ2) is 11.8.